The van der Waals surface area contributed by atoms with Gasteiger partial charge in [0.05, 0.1) is 25.0 Å². The molecular weight excluding hydrogens is 258 g/mol. The van der Waals surface area contributed by atoms with E-state index in [-0.39, 0.29) is 29.7 Å². The lowest BCUT2D eigenvalue weighted by atomic mass is 9.69. The highest BCUT2D eigenvalue weighted by molar-refractivity contribution is 5.74. The Morgan fingerprint density at radius 1 is 1.05 bits per heavy atom. The predicted molar refractivity (Wildman–Crippen MR) is 74.0 cm³/mol. The van der Waals surface area contributed by atoms with Crippen molar-refractivity contribution in [1.29, 1.82) is 0 Å². The fraction of sp³-hybridized carbons (Fsp3) is 0.867. The molecule has 0 spiro atoms. The molecule has 2 aliphatic rings. The van der Waals surface area contributed by atoms with E-state index in [1.165, 1.54) is 0 Å². The maximum absolute atomic E-state index is 12.1. The first-order valence-electron chi connectivity index (χ1n) is 7.74. The van der Waals surface area contributed by atoms with Gasteiger partial charge in [0, 0.05) is 6.04 Å². The summed E-state index contributed by atoms with van der Waals surface area (Å²) in [7, 11) is 0. The third-order valence-electron chi connectivity index (χ3n) is 4.49. The molecule has 1 heterocycles. The van der Waals surface area contributed by atoms with Crippen LogP contribution in [0.1, 0.15) is 39.5 Å². The fourth-order valence-electron chi connectivity index (χ4n) is 3.56. The summed E-state index contributed by atoms with van der Waals surface area (Å²) in [5, 5.41) is 3.48. The average Bonchev–Trinajstić information content (AvgIpc) is 2.46. The van der Waals surface area contributed by atoms with E-state index < -0.39 is 0 Å². The van der Waals surface area contributed by atoms with Crippen LogP contribution in [0.5, 0.6) is 0 Å². The Kier molecular flexibility index (Phi) is 5.40. The molecule has 4 atom stereocenters. The van der Waals surface area contributed by atoms with Crippen LogP contribution in [0.25, 0.3) is 0 Å². The standard InChI is InChI=1S/C15H25NO4/c1-3-19-14(17)10-5-6-13-12(9-10)11(7-8-16-13)15(18)20-4-2/h10-13,16H,3-9H2,1-2H3/t10-,11+,12-,13+/m1/s1. The Morgan fingerprint density at radius 2 is 1.75 bits per heavy atom. The van der Waals surface area contributed by atoms with Gasteiger partial charge in [0.25, 0.3) is 0 Å². The van der Waals surface area contributed by atoms with Crippen molar-refractivity contribution in [2.24, 2.45) is 17.8 Å². The molecule has 0 unspecified atom stereocenters. The van der Waals surface area contributed by atoms with Gasteiger partial charge in [0.2, 0.25) is 0 Å². The van der Waals surface area contributed by atoms with E-state index in [1.54, 1.807) is 0 Å². The minimum Gasteiger partial charge on any atom is -0.466 e. The minimum atomic E-state index is -0.112. The van der Waals surface area contributed by atoms with Crippen LogP contribution in [-0.4, -0.2) is 37.7 Å². The van der Waals surface area contributed by atoms with Gasteiger partial charge in [-0.15, -0.1) is 0 Å². The minimum absolute atomic E-state index is 0.0620. The van der Waals surface area contributed by atoms with Crippen LogP contribution in [0.3, 0.4) is 0 Å². The maximum Gasteiger partial charge on any atom is 0.309 e. The number of esters is 2. The molecule has 5 nitrogen and oxygen atoms in total. The van der Waals surface area contributed by atoms with Crippen LogP contribution >= 0.6 is 0 Å². The molecule has 2 fully saturated rings. The monoisotopic (exact) mass is 283 g/mol. The molecule has 0 amide bonds. The quantitative estimate of drug-likeness (QED) is 0.792. The number of carbonyl (C=O) groups excluding carboxylic acids is 2. The normalized spacial score (nSPS) is 33.1. The third-order valence-corrected chi connectivity index (χ3v) is 4.49. The van der Waals surface area contributed by atoms with Crippen molar-refractivity contribution in [2.75, 3.05) is 19.8 Å². The number of rotatable bonds is 4. The van der Waals surface area contributed by atoms with Gasteiger partial charge in [-0.1, -0.05) is 0 Å². The van der Waals surface area contributed by atoms with Crippen LogP contribution < -0.4 is 5.32 Å². The van der Waals surface area contributed by atoms with Crippen LogP contribution in [0, 0.1) is 17.8 Å². The first kappa shape index (κ1) is 15.3. The summed E-state index contributed by atoms with van der Waals surface area (Å²) in [5.74, 6) is -0.148. The van der Waals surface area contributed by atoms with Crippen molar-refractivity contribution < 1.29 is 19.1 Å². The van der Waals surface area contributed by atoms with Crippen molar-refractivity contribution in [3.63, 3.8) is 0 Å². The van der Waals surface area contributed by atoms with E-state index in [0.717, 1.165) is 32.2 Å². The van der Waals surface area contributed by atoms with E-state index in [2.05, 4.69) is 5.32 Å². The molecule has 1 aliphatic carbocycles. The molecular formula is C15H25NO4. The maximum atomic E-state index is 12.1. The molecule has 0 aromatic rings. The van der Waals surface area contributed by atoms with Crippen LogP contribution in [0.2, 0.25) is 0 Å². The number of hydrogen-bond donors (Lipinski definition) is 1. The number of nitrogens with one attached hydrogen (secondary N) is 1. The van der Waals surface area contributed by atoms with Crippen LogP contribution in [0.15, 0.2) is 0 Å². The molecule has 1 saturated carbocycles. The summed E-state index contributed by atoms with van der Waals surface area (Å²) >= 11 is 0. The third kappa shape index (κ3) is 3.32. The smallest absolute Gasteiger partial charge is 0.309 e. The molecule has 0 radical (unpaired) electrons. The van der Waals surface area contributed by atoms with Gasteiger partial charge < -0.3 is 14.8 Å². The van der Waals surface area contributed by atoms with E-state index in [0.29, 0.717) is 19.3 Å². The lowest BCUT2D eigenvalue weighted by Gasteiger charge is -2.42. The van der Waals surface area contributed by atoms with Crippen molar-refractivity contribution in [2.45, 2.75) is 45.6 Å². The summed E-state index contributed by atoms with van der Waals surface area (Å²) < 4.78 is 10.3. The molecule has 0 aromatic carbocycles. The van der Waals surface area contributed by atoms with Gasteiger partial charge >= 0.3 is 11.9 Å². The molecule has 1 aliphatic heterocycles. The van der Waals surface area contributed by atoms with Gasteiger partial charge in [-0.3, -0.25) is 9.59 Å². The van der Waals surface area contributed by atoms with Crippen molar-refractivity contribution >= 4 is 11.9 Å². The highest BCUT2D eigenvalue weighted by atomic mass is 16.5. The lowest BCUT2D eigenvalue weighted by Crippen LogP contribution is -2.52. The molecule has 114 valence electrons. The summed E-state index contributed by atoms with van der Waals surface area (Å²) in [6.07, 6.45) is 3.32. The summed E-state index contributed by atoms with van der Waals surface area (Å²) in [5.41, 5.74) is 0. The zero-order valence-corrected chi connectivity index (χ0v) is 12.4. The molecule has 0 aromatic heterocycles. The molecule has 5 heteroatoms. The summed E-state index contributed by atoms with van der Waals surface area (Å²) in [6.45, 7) is 5.35. The first-order chi connectivity index (χ1) is 9.67. The number of hydrogen-bond acceptors (Lipinski definition) is 5. The SMILES string of the molecule is CCOC(=O)[C@@H]1CC[C@@H]2NCC[C@H](C(=O)OCC)[C@H]2C1. The summed E-state index contributed by atoms with van der Waals surface area (Å²) in [4.78, 5) is 24.0. The Morgan fingerprint density at radius 3 is 2.45 bits per heavy atom. The highest BCUT2D eigenvalue weighted by Crippen LogP contribution is 2.38. The lowest BCUT2D eigenvalue weighted by molar-refractivity contribution is -0.157. The summed E-state index contributed by atoms with van der Waals surface area (Å²) in [6, 6.07) is 0.337. The number of carbonyl (C=O) groups is 2. The molecule has 20 heavy (non-hydrogen) atoms. The Hall–Kier alpha value is -1.10. The number of fused-ring (bicyclic) bond motifs is 1. The van der Waals surface area contributed by atoms with E-state index in [4.69, 9.17) is 9.47 Å². The molecule has 0 bridgehead atoms. The second-order valence-electron chi connectivity index (χ2n) is 5.63. The topological polar surface area (TPSA) is 64.6 Å². The van der Waals surface area contributed by atoms with Crippen molar-refractivity contribution in [3.05, 3.63) is 0 Å². The van der Waals surface area contributed by atoms with E-state index >= 15 is 0 Å². The van der Waals surface area contributed by atoms with Gasteiger partial charge in [0.15, 0.2) is 0 Å². The van der Waals surface area contributed by atoms with Gasteiger partial charge in [-0.25, -0.2) is 0 Å². The van der Waals surface area contributed by atoms with Crippen LogP contribution in [-0.2, 0) is 19.1 Å². The Balaban J connectivity index is 2.02. The second-order valence-corrected chi connectivity index (χ2v) is 5.63. The number of ether oxygens (including phenoxy) is 2. The molecule has 1 N–H and O–H groups in total. The largest absolute Gasteiger partial charge is 0.466 e. The number of piperidine rings is 1. The zero-order chi connectivity index (χ0) is 14.5. The van der Waals surface area contributed by atoms with Gasteiger partial charge in [-0.05, 0) is 52.0 Å². The Labute approximate surface area is 120 Å². The average molecular weight is 283 g/mol. The van der Waals surface area contributed by atoms with Crippen molar-refractivity contribution in [1.82, 2.24) is 5.32 Å². The van der Waals surface area contributed by atoms with Crippen LogP contribution in [0.4, 0.5) is 0 Å². The van der Waals surface area contributed by atoms with E-state index in [1.807, 2.05) is 13.8 Å². The van der Waals surface area contributed by atoms with E-state index in [9.17, 15) is 9.59 Å². The molecule has 1 saturated heterocycles. The second kappa shape index (κ2) is 7.07. The molecule has 2 rings (SSSR count). The predicted octanol–water partition coefficient (Wildman–Crippen LogP) is 1.51. The van der Waals surface area contributed by atoms with Gasteiger partial charge in [-0.2, -0.15) is 0 Å². The highest BCUT2D eigenvalue weighted by Gasteiger charge is 2.43. The Bertz CT molecular complexity index is 358. The first-order valence-corrected chi connectivity index (χ1v) is 7.74. The van der Waals surface area contributed by atoms with Gasteiger partial charge in [0.1, 0.15) is 0 Å². The zero-order valence-electron chi connectivity index (χ0n) is 12.4. The fourth-order valence-corrected chi connectivity index (χ4v) is 3.56. The van der Waals surface area contributed by atoms with Crippen molar-refractivity contribution in [3.8, 4) is 0 Å².